The van der Waals surface area contributed by atoms with Crippen LogP contribution >= 0.6 is 0 Å². The standard InChI is InChI=1S/C17H28O4/c1-3-5-6-7-8-9-15(18)14-12-13(10-11-16(14)19)17(20)21-4-2/h13-14H,3-12H2,1-2H3. The highest BCUT2D eigenvalue weighted by molar-refractivity contribution is 6.03. The Hall–Kier alpha value is -1.19. The Balaban J connectivity index is 2.41. The zero-order chi connectivity index (χ0) is 15.7. The molecule has 21 heavy (non-hydrogen) atoms. The van der Waals surface area contributed by atoms with Crippen molar-refractivity contribution in [1.82, 2.24) is 0 Å². The molecular formula is C17H28O4. The van der Waals surface area contributed by atoms with Crippen molar-refractivity contribution in [2.75, 3.05) is 6.61 Å². The van der Waals surface area contributed by atoms with Gasteiger partial charge in [0, 0.05) is 12.8 Å². The van der Waals surface area contributed by atoms with Gasteiger partial charge in [-0.25, -0.2) is 0 Å². The second-order valence-corrected chi connectivity index (χ2v) is 5.87. The molecule has 4 nitrogen and oxygen atoms in total. The number of ether oxygens (including phenoxy) is 1. The Labute approximate surface area is 127 Å². The Kier molecular flexibility index (Phi) is 8.24. The third-order valence-corrected chi connectivity index (χ3v) is 4.18. The minimum Gasteiger partial charge on any atom is -0.466 e. The molecule has 1 rings (SSSR count). The average Bonchev–Trinajstić information content (AvgIpc) is 2.47. The quantitative estimate of drug-likeness (QED) is 0.371. The first-order chi connectivity index (χ1) is 10.1. The summed E-state index contributed by atoms with van der Waals surface area (Å²) in [6, 6.07) is 0. The number of carbonyl (C=O) groups is 3. The predicted molar refractivity (Wildman–Crippen MR) is 80.9 cm³/mol. The van der Waals surface area contributed by atoms with Gasteiger partial charge in [0.05, 0.1) is 18.4 Å². The van der Waals surface area contributed by atoms with E-state index in [0.29, 0.717) is 32.3 Å². The van der Waals surface area contributed by atoms with E-state index in [0.717, 1.165) is 19.3 Å². The molecule has 2 unspecified atom stereocenters. The van der Waals surface area contributed by atoms with Crippen molar-refractivity contribution in [1.29, 1.82) is 0 Å². The highest BCUT2D eigenvalue weighted by Crippen LogP contribution is 2.29. The van der Waals surface area contributed by atoms with Gasteiger partial charge in [-0.2, -0.15) is 0 Å². The zero-order valence-electron chi connectivity index (χ0n) is 13.4. The maximum Gasteiger partial charge on any atom is 0.308 e. The molecule has 0 aliphatic heterocycles. The lowest BCUT2D eigenvalue weighted by Crippen LogP contribution is -2.34. The van der Waals surface area contributed by atoms with Crippen LogP contribution in [-0.2, 0) is 19.1 Å². The molecule has 2 atom stereocenters. The summed E-state index contributed by atoms with van der Waals surface area (Å²) in [5.74, 6) is -1.08. The van der Waals surface area contributed by atoms with Crippen molar-refractivity contribution in [3.05, 3.63) is 0 Å². The fourth-order valence-electron chi connectivity index (χ4n) is 2.89. The second kappa shape index (κ2) is 9.69. The molecule has 0 bridgehead atoms. The fraction of sp³-hybridized carbons (Fsp3) is 0.824. The second-order valence-electron chi connectivity index (χ2n) is 5.87. The van der Waals surface area contributed by atoms with Gasteiger partial charge in [-0.3, -0.25) is 14.4 Å². The van der Waals surface area contributed by atoms with Crippen LogP contribution in [0.3, 0.4) is 0 Å². The first kappa shape index (κ1) is 17.9. The summed E-state index contributed by atoms with van der Waals surface area (Å²) in [4.78, 5) is 35.9. The van der Waals surface area contributed by atoms with Crippen molar-refractivity contribution in [2.24, 2.45) is 11.8 Å². The first-order valence-corrected chi connectivity index (χ1v) is 8.32. The molecule has 1 aliphatic carbocycles. The van der Waals surface area contributed by atoms with Gasteiger partial charge in [-0.1, -0.05) is 32.6 Å². The highest BCUT2D eigenvalue weighted by atomic mass is 16.5. The van der Waals surface area contributed by atoms with Crippen LogP contribution in [-0.4, -0.2) is 24.1 Å². The largest absolute Gasteiger partial charge is 0.466 e. The van der Waals surface area contributed by atoms with Crippen molar-refractivity contribution in [3.63, 3.8) is 0 Å². The number of hydrogen-bond acceptors (Lipinski definition) is 4. The minimum absolute atomic E-state index is 0.00843. The zero-order valence-corrected chi connectivity index (χ0v) is 13.4. The van der Waals surface area contributed by atoms with Gasteiger partial charge in [0.25, 0.3) is 0 Å². The molecule has 0 aromatic heterocycles. The molecule has 0 spiro atoms. The van der Waals surface area contributed by atoms with E-state index in [-0.39, 0.29) is 23.5 Å². The molecule has 120 valence electrons. The van der Waals surface area contributed by atoms with E-state index < -0.39 is 5.92 Å². The van der Waals surface area contributed by atoms with Gasteiger partial charge in [0.1, 0.15) is 11.6 Å². The lowest BCUT2D eigenvalue weighted by atomic mass is 9.77. The molecular weight excluding hydrogens is 268 g/mol. The molecule has 1 fully saturated rings. The molecule has 1 aliphatic rings. The molecule has 1 saturated carbocycles. The summed E-state index contributed by atoms with van der Waals surface area (Å²) in [7, 11) is 0. The molecule has 0 saturated heterocycles. The maximum absolute atomic E-state index is 12.2. The summed E-state index contributed by atoms with van der Waals surface area (Å²) < 4.78 is 5.01. The van der Waals surface area contributed by atoms with Crippen LogP contribution in [0.2, 0.25) is 0 Å². The molecule has 0 radical (unpaired) electrons. The summed E-state index contributed by atoms with van der Waals surface area (Å²) in [5.41, 5.74) is 0. The van der Waals surface area contributed by atoms with E-state index in [9.17, 15) is 14.4 Å². The van der Waals surface area contributed by atoms with E-state index in [4.69, 9.17) is 4.74 Å². The maximum atomic E-state index is 12.2. The molecule has 0 amide bonds. The van der Waals surface area contributed by atoms with Crippen LogP contribution in [0.1, 0.15) is 71.6 Å². The van der Waals surface area contributed by atoms with E-state index >= 15 is 0 Å². The SMILES string of the molecule is CCCCCCCC(=O)C1CC(C(=O)OCC)CCC1=O. The highest BCUT2D eigenvalue weighted by Gasteiger charge is 2.36. The summed E-state index contributed by atoms with van der Waals surface area (Å²) >= 11 is 0. The molecule has 4 heteroatoms. The van der Waals surface area contributed by atoms with Gasteiger partial charge < -0.3 is 4.74 Å². The number of rotatable bonds is 9. The Morgan fingerprint density at radius 3 is 2.52 bits per heavy atom. The monoisotopic (exact) mass is 296 g/mol. The van der Waals surface area contributed by atoms with Crippen molar-refractivity contribution >= 4 is 17.5 Å². The van der Waals surface area contributed by atoms with Crippen molar-refractivity contribution in [3.8, 4) is 0 Å². The smallest absolute Gasteiger partial charge is 0.308 e. The minimum atomic E-state index is -0.570. The lowest BCUT2D eigenvalue weighted by molar-refractivity contribution is -0.151. The van der Waals surface area contributed by atoms with Crippen LogP contribution in [0.5, 0.6) is 0 Å². The summed E-state index contributed by atoms with van der Waals surface area (Å²) in [6.07, 6.45) is 7.09. The van der Waals surface area contributed by atoms with E-state index in [1.807, 2.05) is 0 Å². The van der Waals surface area contributed by atoms with Crippen LogP contribution in [0.4, 0.5) is 0 Å². The van der Waals surface area contributed by atoms with Gasteiger partial charge in [0.2, 0.25) is 0 Å². The molecule has 0 aromatic rings. The van der Waals surface area contributed by atoms with Gasteiger partial charge in [0.15, 0.2) is 0 Å². The van der Waals surface area contributed by atoms with Gasteiger partial charge >= 0.3 is 5.97 Å². The third-order valence-electron chi connectivity index (χ3n) is 4.18. The Morgan fingerprint density at radius 2 is 1.86 bits per heavy atom. The topological polar surface area (TPSA) is 60.4 Å². The first-order valence-electron chi connectivity index (χ1n) is 8.32. The van der Waals surface area contributed by atoms with E-state index in [1.165, 1.54) is 12.8 Å². The van der Waals surface area contributed by atoms with Crippen molar-refractivity contribution in [2.45, 2.75) is 71.6 Å². The predicted octanol–water partition coefficient (Wildman–Crippen LogP) is 3.46. The van der Waals surface area contributed by atoms with Gasteiger partial charge in [-0.05, 0) is 26.2 Å². The number of Topliss-reactive ketones (excluding diaryl/α,β-unsaturated/α-hetero) is 2. The van der Waals surface area contributed by atoms with Crippen molar-refractivity contribution < 1.29 is 19.1 Å². The van der Waals surface area contributed by atoms with E-state index in [1.54, 1.807) is 6.92 Å². The molecule has 0 N–H and O–H groups in total. The average molecular weight is 296 g/mol. The number of hydrogen-bond donors (Lipinski definition) is 0. The summed E-state index contributed by atoms with van der Waals surface area (Å²) in [6.45, 7) is 4.27. The van der Waals surface area contributed by atoms with Gasteiger partial charge in [-0.15, -0.1) is 0 Å². The normalized spacial score (nSPS) is 22.1. The number of carbonyl (C=O) groups excluding carboxylic acids is 3. The van der Waals surface area contributed by atoms with Crippen LogP contribution in [0.15, 0.2) is 0 Å². The summed E-state index contributed by atoms with van der Waals surface area (Å²) in [5, 5.41) is 0. The number of esters is 1. The molecule has 0 aromatic carbocycles. The molecule has 0 heterocycles. The van der Waals surface area contributed by atoms with Crippen LogP contribution in [0, 0.1) is 11.8 Å². The Morgan fingerprint density at radius 1 is 1.14 bits per heavy atom. The fourth-order valence-corrected chi connectivity index (χ4v) is 2.89. The number of unbranched alkanes of at least 4 members (excludes halogenated alkanes) is 4. The lowest BCUT2D eigenvalue weighted by Gasteiger charge is -2.25. The third kappa shape index (κ3) is 5.98. The van der Waals surface area contributed by atoms with Crippen LogP contribution in [0.25, 0.3) is 0 Å². The van der Waals surface area contributed by atoms with E-state index in [2.05, 4.69) is 6.92 Å². The number of ketones is 2. The van der Waals surface area contributed by atoms with Crippen LogP contribution < -0.4 is 0 Å². The Bertz CT molecular complexity index is 362.